The molecular formula is C19H27N3O2. The minimum Gasteiger partial charge on any atom is -0.469 e. The summed E-state index contributed by atoms with van der Waals surface area (Å²) < 4.78 is 10.7. The van der Waals surface area contributed by atoms with Gasteiger partial charge in [-0.05, 0) is 31.5 Å². The van der Waals surface area contributed by atoms with E-state index in [4.69, 9.17) is 9.15 Å². The number of nitrogens with one attached hydrogen (secondary N) is 2. The number of ether oxygens (including phenoxy) is 1. The van der Waals surface area contributed by atoms with Gasteiger partial charge in [0.2, 0.25) is 0 Å². The molecule has 0 spiro atoms. The second kappa shape index (κ2) is 10.5. The van der Waals surface area contributed by atoms with Crippen LogP contribution in [0.4, 0.5) is 0 Å². The summed E-state index contributed by atoms with van der Waals surface area (Å²) >= 11 is 0. The normalized spacial score (nSPS) is 12.8. The third-order valence-electron chi connectivity index (χ3n) is 3.61. The summed E-state index contributed by atoms with van der Waals surface area (Å²) in [6.07, 6.45) is 2.51. The predicted molar refractivity (Wildman–Crippen MR) is 97.2 cm³/mol. The summed E-state index contributed by atoms with van der Waals surface area (Å²) in [6.45, 7) is 6.84. The Balaban J connectivity index is 1.88. The molecule has 2 rings (SSSR count). The lowest BCUT2D eigenvalue weighted by Gasteiger charge is -2.18. The van der Waals surface area contributed by atoms with Crippen molar-refractivity contribution in [3.05, 3.63) is 60.1 Å². The summed E-state index contributed by atoms with van der Waals surface area (Å²) in [5, 5.41) is 6.80. The van der Waals surface area contributed by atoms with Gasteiger partial charge in [0, 0.05) is 19.6 Å². The van der Waals surface area contributed by atoms with E-state index in [1.807, 2.05) is 37.3 Å². The Kier molecular flexibility index (Phi) is 7.90. The van der Waals surface area contributed by atoms with Gasteiger partial charge >= 0.3 is 0 Å². The molecule has 1 aromatic heterocycles. The molecule has 5 nitrogen and oxygen atoms in total. The van der Waals surface area contributed by atoms with E-state index in [9.17, 15) is 0 Å². The molecule has 2 aromatic rings. The standard InChI is InChI=1S/C19H27N3O2/c1-3-23-15-13-21-19(20-12-11-18-10-7-14-24-18)22-16(2)17-8-5-4-6-9-17/h4-10,14,16H,3,11-13,15H2,1-2H3,(H2,20,21,22). The van der Waals surface area contributed by atoms with Crippen molar-refractivity contribution in [1.29, 1.82) is 0 Å². The van der Waals surface area contributed by atoms with Crippen molar-refractivity contribution in [2.75, 3.05) is 26.3 Å². The van der Waals surface area contributed by atoms with Gasteiger partial charge in [-0.15, -0.1) is 0 Å². The predicted octanol–water partition coefficient (Wildman–Crippen LogP) is 3.16. The maximum absolute atomic E-state index is 5.36. The van der Waals surface area contributed by atoms with Crippen LogP contribution in [0.5, 0.6) is 0 Å². The third kappa shape index (κ3) is 6.46. The highest BCUT2D eigenvalue weighted by Crippen LogP contribution is 2.10. The average Bonchev–Trinajstić information content (AvgIpc) is 3.12. The molecule has 0 fully saturated rings. The first-order valence-electron chi connectivity index (χ1n) is 8.49. The number of furan rings is 1. The van der Waals surface area contributed by atoms with Crippen LogP contribution in [0.15, 0.2) is 58.1 Å². The Morgan fingerprint density at radius 1 is 1.21 bits per heavy atom. The van der Waals surface area contributed by atoms with E-state index in [1.54, 1.807) is 6.26 Å². The molecule has 0 saturated heterocycles. The fraction of sp³-hybridized carbons (Fsp3) is 0.421. The Morgan fingerprint density at radius 2 is 2.04 bits per heavy atom. The zero-order chi connectivity index (χ0) is 17.0. The number of nitrogens with zero attached hydrogens (tertiary/aromatic N) is 1. The molecule has 1 unspecified atom stereocenters. The fourth-order valence-electron chi connectivity index (χ4n) is 2.31. The molecular weight excluding hydrogens is 302 g/mol. The first kappa shape index (κ1) is 18.1. The maximum Gasteiger partial charge on any atom is 0.191 e. The smallest absolute Gasteiger partial charge is 0.191 e. The van der Waals surface area contributed by atoms with Gasteiger partial charge in [-0.25, -0.2) is 0 Å². The zero-order valence-corrected chi connectivity index (χ0v) is 14.5. The molecule has 1 aromatic carbocycles. The Hall–Kier alpha value is -2.27. The number of aliphatic imine (C=N–C) groups is 1. The Morgan fingerprint density at radius 3 is 2.75 bits per heavy atom. The average molecular weight is 329 g/mol. The molecule has 1 atom stereocenters. The zero-order valence-electron chi connectivity index (χ0n) is 14.5. The number of hydrogen-bond acceptors (Lipinski definition) is 3. The van der Waals surface area contributed by atoms with E-state index < -0.39 is 0 Å². The number of rotatable bonds is 9. The first-order chi connectivity index (χ1) is 11.8. The van der Waals surface area contributed by atoms with Gasteiger partial charge in [-0.3, -0.25) is 4.99 Å². The van der Waals surface area contributed by atoms with Crippen LogP contribution in [0.25, 0.3) is 0 Å². The number of hydrogen-bond donors (Lipinski definition) is 2. The quantitative estimate of drug-likeness (QED) is 0.421. The summed E-state index contributed by atoms with van der Waals surface area (Å²) in [4.78, 5) is 4.58. The number of benzene rings is 1. The molecule has 2 N–H and O–H groups in total. The van der Waals surface area contributed by atoms with Gasteiger partial charge in [0.15, 0.2) is 5.96 Å². The summed E-state index contributed by atoms with van der Waals surface area (Å²) in [7, 11) is 0. The van der Waals surface area contributed by atoms with Gasteiger partial charge in [0.25, 0.3) is 0 Å². The van der Waals surface area contributed by atoms with Crippen LogP contribution in [0.3, 0.4) is 0 Å². The van der Waals surface area contributed by atoms with Gasteiger partial charge < -0.3 is 19.8 Å². The monoisotopic (exact) mass is 329 g/mol. The molecule has 0 bridgehead atoms. The van der Waals surface area contributed by atoms with Crippen LogP contribution >= 0.6 is 0 Å². The lowest BCUT2D eigenvalue weighted by molar-refractivity contribution is 0.155. The van der Waals surface area contributed by atoms with Gasteiger partial charge in [-0.1, -0.05) is 30.3 Å². The van der Waals surface area contributed by atoms with E-state index in [2.05, 4.69) is 34.7 Å². The lowest BCUT2D eigenvalue weighted by Crippen LogP contribution is -2.40. The van der Waals surface area contributed by atoms with Crippen LogP contribution in [-0.4, -0.2) is 32.3 Å². The topological polar surface area (TPSA) is 58.8 Å². The molecule has 1 heterocycles. The van der Waals surface area contributed by atoms with Gasteiger partial charge in [-0.2, -0.15) is 0 Å². The van der Waals surface area contributed by atoms with Crippen molar-refractivity contribution >= 4 is 5.96 Å². The van der Waals surface area contributed by atoms with Crippen molar-refractivity contribution in [1.82, 2.24) is 10.6 Å². The van der Waals surface area contributed by atoms with Crippen LogP contribution in [0.1, 0.15) is 31.2 Å². The molecule has 0 aliphatic heterocycles. The summed E-state index contributed by atoms with van der Waals surface area (Å²) in [5.41, 5.74) is 1.22. The lowest BCUT2D eigenvalue weighted by atomic mass is 10.1. The van der Waals surface area contributed by atoms with Crippen molar-refractivity contribution in [3.8, 4) is 0 Å². The molecule has 24 heavy (non-hydrogen) atoms. The molecule has 0 radical (unpaired) electrons. The van der Waals surface area contributed by atoms with Crippen LogP contribution in [0.2, 0.25) is 0 Å². The van der Waals surface area contributed by atoms with Crippen LogP contribution in [-0.2, 0) is 11.2 Å². The molecule has 130 valence electrons. The first-order valence-corrected chi connectivity index (χ1v) is 8.49. The Bertz CT molecular complexity index is 582. The third-order valence-corrected chi connectivity index (χ3v) is 3.61. The Labute approximate surface area is 144 Å². The molecule has 0 aliphatic rings. The molecule has 0 amide bonds. The minimum absolute atomic E-state index is 0.174. The van der Waals surface area contributed by atoms with Crippen molar-refractivity contribution in [2.45, 2.75) is 26.3 Å². The van der Waals surface area contributed by atoms with E-state index in [0.717, 1.165) is 24.7 Å². The summed E-state index contributed by atoms with van der Waals surface area (Å²) in [5.74, 6) is 1.75. The molecule has 0 aliphatic carbocycles. The highest BCUT2D eigenvalue weighted by atomic mass is 16.5. The van der Waals surface area contributed by atoms with Crippen molar-refractivity contribution in [2.24, 2.45) is 4.99 Å². The van der Waals surface area contributed by atoms with E-state index in [0.29, 0.717) is 19.8 Å². The van der Waals surface area contributed by atoms with E-state index in [1.165, 1.54) is 5.56 Å². The minimum atomic E-state index is 0.174. The molecule has 0 saturated carbocycles. The van der Waals surface area contributed by atoms with E-state index in [-0.39, 0.29) is 6.04 Å². The maximum atomic E-state index is 5.36. The second-order valence-corrected chi connectivity index (χ2v) is 5.46. The van der Waals surface area contributed by atoms with Gasteiger partial charge in [0.05, 0.1) is 25.5 Å². The van der Waals surface area contributed by atoms with Crippen LogP contribution < -0.4 is 10.6 Å². The highest BCUT2D eigenvalue weighted by molar-refractivity contribution is 5.80. The summed E-state index contributed by atoms with van der Waals surface area (Å²) in [6, 6.07) is 14.4. The van der Waals surface area contributed by atoms with E-state index >= 15 is 0 Å². The second-order valence-electron chi connectivity index (χ2n) is 5.46. The van der Waals surface area contributed by atoms with Crippen molar-refractivity contribution in [3.63, 3.8) is 0 Å². The van der Waals surface area contributed by atoms with Crippen LogP contribution in [0, 0.1) is 0 Å². The van der Waals surface area contributed by atoms with Crippen molar-refractivity contribution < 1.29 is 9.15 Å². The molecule has 5 heteroatoms. The number of guanidine groups is 1. The highest BCUT2D eigenvalue weighted by Gasteiger charge is 2.07. The van der Waals surface area contributed by atoms with Gasteiger partial charge in [0.1, 0.15) is 5.76 Å². The SMILES string of the molecule is CCOCCN=C(NCCc1ccco1)NC(C)c1ccccc1. The fourth-order valence-corrected chi connectivity index (χ4v) is 2.31. The largest absolute Gasteiger partial charge is 0.469 e.